The van der Waals surface area contributed by atoms with Crippen molar-refractivity contribution in [1.82, 2.24) is 9.97 Å². The van der Waals surface area contributed by atoms with Crippen molar-refractivity contribution in [3.05, 3.63) is 58.0 Å². The van der Waals surface area contributed by atoms with Crippen LogP contribution >= 0.6 is 0 Å². The number of H-pyrrole nitrogens is 1. The summed E-state index contributed by atoms with van der Waals surface area (Å²) in [7, 11) is 0. The van der Waals surface area contributed by atoms with Gasteiger partial charge in [0.1, 0.15) is 5.69 Å². The number of benzene rings is 1. The Kier molecular flexibility index (Phi) is 5.35. The maximum absolute atomic E-state index is 12.4. The molecule has 2 heterocycles. The van der Waals surface area contributed by atoms with E-state index in [1.165, 1.54) is 24.5 Å². The van der Waals surface area contributed by atoms with Gasteiger partial charge in [0.25, 0.3) is 5.69 Å². The second-order valence-corrected chi connectivity index (χ2v) is 5.73. The van der Waals surface area contributed by atoms with Crippen LogP contribution in [0.4, 0.5) is 5.69 Å². The number of fused-ring (bicyclic) bond motifs is 1. The molecule has 9 heteroatoms. The van der Waals surface area contributed by atoms with Gasteiger partial charge in [-0.2, -0.15) is 0 Å². The van der Waals surface area contributed by atoms with E-state index in [1.807, 2.05) is 0 Å². The lowest BCUT2D eigenvalue weighted by molar-refractivity contribution is -0.384. The van der Waals surface area contributed by atoms with E-state index in [-0.39, 0.29) is 35.7 Å². The highest BCUT2D eigenvalue weighted by Gasteiger charge is 2.27. The first-order valence-electron chi connectivity index (χ1n) is 8.56. The van der Waals surface area contributed by atoms with E-state index in [1.54, 1.807) is 19.9 Å². The van der Waals surface area contributed by atoms with Crippen LogP contribution in [-0.4, -0.2) is 40.0 Å². The molecule has 0 fully saturated rings. The molecular weight excluding hydrogens is 366 g/mol. The van der Waals surface area contributed by atoms with Crippen LogP contribution < -0.4 is 0 Å². The van der Waals surface area contributed by atoms with Gasteiger partial charge in [-0.1, -0.05) is 0 Å². The van der Waals surface area contributed by atoms with Crippen LogP contribution in [0.1, 0.15) is 34.7 Å². The molecule has 144 valence electrons. The zero-order valence-corrected chi connectivity index (χ0v) is 15.2. The molecule has 0 aliphatic carbocycles. The van der Waals surface area contributed by atoms with Gasteiger partial charge in [0.15, 0.2) is 0 Å². The van der Waals surface area contributed by atoms with Crippen molar-refractivity contribution in [1.29, 1.82) is 0 Å². The molecule has 0 bridgehead atoms. The minimum Gasteiger partial charge on any atom is -0.462 e. The van der Waals surface area contributed by atoms with Gasteiger partial charge >= 0.3 is 11.9 Å². The Morgan fingerprint density at radius 2 is 1.86 bits per heavy atom. The highest BCUT2D eigenvalue weighted by Crippen LogP contribution is 2.38. The molecule has 0 amide bonds. The number of carbonyl (C=O) groups is 2. The molecule has 0 radical (unpaired) electrons. The van der Waals surface area contributed by atoms with E-state index in [9.17, 15) is 19.7 Å². The van der Waals surface area contributed by atoms with Gasteiger partial charge in [-0.3, -0.25) is 15.1 Å². The summed E-state index contributed by atoms with van der Waals surface area (Å²) >= 11 is 0. The Morgan fingerprint density at radius 1 is 1.14 bits per heavy atom. The van der Waals surface area contributed by atoms with E-state index >= 15 is 0 Å². The summed E-state index contributed by atoms with van der Waals surface area (Å²) in [6.45, 7) is 3.61. The summed E-state index contributed by atoms with van der Waals surface area (Å²) in [6, 6.07) is 5.63. The van der Waals surface area contributed by atoms with Gasteiger partial charge in [-0.05, 0) is 32.0 Å². The predicted molar refractivity (Wildman–Crippen MR) is 100 cm³/mol. The van der Waals surface area contributed by atoms with Crippen molar-refractivity contribution in [2.75, 3.05) is 13.2 Å². The number of hydrogen-bond donors (Lipinski definition) is 1. The predicted octanol–water partition coefficient (Wildman–Crippen LogP) is 3.49. The topological polar surface area (TPSA) is 124 Å². The molecule has 3 rings (SSSR count). The number of rotatable bonds is 6. The van der Waals surface area contributed by atoms with E-state index in [4.69, 9.17) is 9.47 Å². The first-order valence-corrected chi connectivity index (χ1v) is 8.56. The van der Waals surface area contributed by atoms with Gasteiger partial charge < -0.3 is 14.5 Å². The zero-order chi connectivity index (χ0) is 20.3. The standard InChI is InChI=1S/C19H17N3O6/c1-3-27-18(23)11-5-6-12(15(9-11)22(25)26)16-13-10-20-8-7-14(13)21-17(16)19(24)28-4-2/h5-10,21H,3-4H2,1-2H3. The highest BCUT2D eigenvalue weighted by molar-refractivity contribution is 6.09. The van der Waals surface area contributed by atoms with E-state index in [0.717, 1.165) is 6.07 Å². The molecule has 28 heavy (non-hydrogen) atoms. The number of nitrogens with one attached hydrogen (secondary N) is 1. The van der Waals surface area contributed by atoms with E-state index < -0.39 is 16.9 Å². The van der Waals surface area contributed by atoms with Crippen molar-refractivity contribution >= 4 is 28.5 Å². The summed E-state index contributed by atoms with van der Waals surface area (Å²) in [4.78, 5) is 42.5. The minimum absolute atomic E-state index is 0.0490. The number of aromatic nitrogens is 2. The number of pyridine rings is 1. The van der Waals surface area contributed by atoms with E-state index in [0.29, 0.717) is 16.5 Å². The Balaban J connectivity index is 2.26. The number of ether oxygens (including phenoxy) is 2. The fourth-order valence-corrected chi connectivity index (χ4v) is 2.91. The lowest BCUT2D eigenvalue weighted by atomic mass is 9.99. The van der Waals surface area contributed by atoms with Crippen molar-refractivity contribution in [3.8, 4) is 11.1 Å². The van der Waals surface area contributed by atoms with Crippen LogP contribution in [-0.2, 0) is 9.47 Å². The normalized spacial score (nSPS) is 10.6. The smallest absolute Gasteiger partial charge is 0.355 e. The summed E-state index contributed by atoms with van der Waals surface area (Å²) in [5, 5.41) is 12.2. The maximum atomic E-state index is 12.4. The number of nitro groups is 1. The van der Waals surface area contributed by atoms with Crippen molar-refractivity contribution in [2.45, 2.75) is 13.8 Å². The minimum atomic E-state index is -0.664. The third kappa shape index (κ3) is 3.41. The van der Waals surface area contributed by atoms with Crippen LogP contribution in [0.15, 0.2) is 36.7 Å². The zero-order valence-electron chi connectivity index (χ0n) is 15.2. The molecule has 1 N–H and O–H groups in total. The average molecular weight is 383 g/mol. The summed E-state index contributed by atoms with van der Waals surface area (Å²) in [5.74, 6) is -1.30. The molecule has 0 unspecified atom stereocenters. The van der Waals surface area contributed by atoms with E-state index in [2.05, 4.69) is 9.97 Å². The van der Waals surface area contributed by atoms with Crippen molar-refractivity contribution in [3.63, 3.8) is 0 Å². The second-order valence-electron chi connectivity index (χ2n) is 5.73. The first kappa shape index (κ1) is 19.0. The van der Waals surface area contributed by atoms with Crippen molar-refractivity contribution in [2.24, 2.45) is 0 Å². The van der Waals surface area contributed by atoms with Crippen LogP contribution in [0, 0.1) is 10.1 Å². The maximum Gasteiger partial charge on any atom is 0.355 e. The highest BCUT2D eigenvalue weighted by atomic mass is 16.6. The molecular formula is C19H17N3O6. The average Bonchev–Trinajstić information content (AvgIpc) is 3.07. The van der Waals surface area contributed by atoms with Gasteiger partial charge in [0.2, 0.25) is 0 Å². The number of aromatic amines is 1. The second kappa shape index (κ2) is 7.87. The van der Waals surface area contributed by atoms with Gasteiger partial charge in [0.05, 0.1) is 29.3 Å². The van der Waals surface area contributed by atoms with Crippen LogP contribution in [0.5, 0.6) is 0 Å². The summed E-state index contributed by atoms with van der Waals surface area (Å²) < 4.78 is 9.98. The molecule has 0 saturated carbocycles. The molecule has 0 spiro atoms. The Bertz CT molecular complexity index is 1070. The summed E-state index contributed by atoms with van der Waals surface area (Å²) in [5.41, 5.74) is 0.839. The van der Waals surface area contributed by atoms with Crippen molar-refractivity contribution < 1.29 is 24.0 Å². The number of hydrogen-bond acceptors (Lipinski definition) is 7. The van der Waals surface area contributed by atoms with Crippen LogP contribution in [0.3, 0.4) is 0 Å². The largest absolute Gasteiger partial charge is 0.462 e. The number of nitro benzene ring substituents is 1. The Morgan fingerprint density at radius 3 is 2.54 bits per heavy atom. The van der Waals surface area contributed by atoms with Gasteiger partial charge in [0, 0.05) is 34.9 Å². The Hall–Kier alpha value is -3.75. The Labute approximate surface area is 159 Å². The molecule has 0 aliphatic heterocycles. The molecule has 3 aromatic rings. The molecule has 0 atom stereocenters. The fourth-order valence-electron chi connectivity index (χ4n) is 2.91. The van der Waals surface area contributed by atoms with Gasteiger partial charge in [-0.15, -0.1) is 0 Å². The number of esters is 2. The van der Waals surface area contributed by atoms with Gasteiger partial charge in [-0.25, -0.2) is 9.59 Å². The molecule has 1 aromatic carbocycles. The number of carbonyl (C=O) groups excluding carboxylic acids is 2. The number of nitrogens with zero attached hydrogens (tertiary/aromatic N) is 2. The third-order valence-corrected chi connectivity index (χ3v) is 4.05. The lowest BCUT2D eigenvalue weighted by Crippen LogP contribution is -2.08. The quantitative estimate of drug-likeness (QED) is 0.392. The SMILES string of the molecule is CCOC(=O)c1ccc(-c2c(C(=O)OCC)[nH]c3ccncc23)c([N+](=O)[O-])c1. The first-order chi connectivity index (χ1) is 13.5. The van der Waals surface area contributed by atoms with Crippen LogP contribution in [0.2, 0.25) is 0 Å². The summed E-state index contributed by atoms with van der Waals surface area (Å²) in [6.07, 6.45) is 3.04. The third-order valence-electron chi connectivity index (χ3n) is 4.05. The molecule has 2 aromatic heterocycles. The fraction of sp³-hybridized carbons (Fsp3) is 0.211. The lowest BCUT2D eigenvalue weighted by Gasteiger charge is -2.08. The van der Waals surface area contributed by atoms with Crippen LogP contribution in [0.25, 0.3) is 22.0 Å². The molecule has 9 nitrogen and oxygen atoms in total. The monoisotopic (exact) mass is 383 g/mol. The molecule has 0 saturated heterocycles. The molecule has 0 aliphatic rings.